The van der Waals surface area contributed by atoms with Gasteiger partial charge in [-0.25, -0.2) is 0 Å². The molecule has 0 spiro atoms. The van der Waals surface area contributed by atoms with Crippen LogP contribution in [-0.4, -0.2) is 0 Å². The van der Waals surface area contributed by atoms with Crippen molar-refractivity contribution in [1.82, 2.24) is 0 Å². The summed E-state index contributed by atoms with van der Waals surface area (Å²) in [7, 11) is 0. The van der Waals surface area contributed by atoms with Crippen molar-refractivity contribution >= 4 is 126 Å². The fraction of sp³-hybridized carbons (Fsp3) is 0.387. The highest BCUT2D eigenvalue weighted by molar-refractivity contribution is 8.05. The molecule has 0 aromatic carbocycles. The van der Waals surface area contributed by atoms with Crippen LogP contribution in [0.1, 0.15) is 152 Å². The predicted octanol–water partition coefficient (Wildman–Crippen LogP) is 24.8. The van der Waals surface area contributed by atoms with Crippen LogP contribution >= 0.6 is 126 Å². The van der Waals surface area contributed by atoms with E-state index in [1.165, 1.54) is 179 Å². The first-order chi connectivity index (χ1) is 36.8. The molecule has 0 unspecified atom stereocenters. The van der Waals surface area contributed by atoms with E-state index in [9.17, 15) is 10.5 Å². The second-order valence-electron chi connectivity index (χ2n) is 19.1. The summed E-state index contributed by atoms with van der Waals surface area (Å²) in [5.74, 6) is 0. The third-order valence-corrected chi connectivity index (χ3v) is 27.0. The first kappa shape index (κ1) is 56.7. The van der Waals surface area contributed by atoms with E-state index in [1.54, 1.807) is 56.1 Å². The maximum Gasteiger partial charge on any atom is 0.139 e. The summed E-state index contributed by atoms with van der Waals surface area (Å²) < 4.78 is 2.15. The number of nitriles is 2. The van der Waals surface area contributed by atoms with Crippen LogP contribution in [0.15, 0.2) is 81.2 Å². The van der Waals surface area contributed by atoms with E-state index < -0.39 is 0 Å². The van der Waals surface area contributed by atoms with Crippen molar-refractivity contribution in [3.63, 3.8) is 0 Å². The Morgan fingerprint density at radius 2 is 0.480 bits per heavy atom. The molecule has 2 nitrogen and oxygen atoms in total. The van der Waals surface area contributed by atoms with Gasteiger partial charge in [0.2, 0.25) is 0 Å². The van der Waals surface area contributed by atoms with Crippen LogP contribution < -0.4 is 0 Å². The molecule has 9 rings (SSSR count). The second-order valence-corrected chi connectivity index (χ2v) is 30.8. The monoisotopic (exact) mass is 1190 g/mol. The van der Waals surface area contributed by atoms with Crippen LogP contribution in [0, 0.1) is 21.3 Å². The minimum Gasteiger partial charge on any atom is -0.185 e. The molecule has 0 saturated heterocycles. The van der Waals surface area contributed by atoms with Gasteiger partial charge in [0.05, 0.1) is 8.42 Å². The summed E-state index contributed by atoms with van der Waals surface area (Å²) in [6.07, 6.45) is 21.0. The van der Waals surface area contributed by atoms with Gasteiger partial charge in [-0.1, -0.05) is 80.1 Å². The number of thiophene rings is 9. The fourth-order valence-electron chi connectivity index (χ4n) is 9.85. The van der Waals surface area contributed by atoms with E-state index in [-0.39, 0.29) is 0 Å². The van der Waals surface area contributed by atoms with Crippen LogP contribution in [0.4, 0.5) is 0 Å². The minimum absolute atomic E-state index is 1.08. The standard InChI is InChI=1S/C62H66N2S11/c1-7-13-19-39-40(20-14-8-2)58(50-30-26-46(68-50)48-28-32-52(70-48)60-42(22-16-10-4)44(24-18-12-6)62(75-60)54-34-36-56(72-54)66-38-64)73-57(39)49-29-25-45(67-49)47-27-31-51(69-47)59-41(21-15-9-3)43(23-17-11-5)61(74-59)53-33-35-55(71-53)65-37-63/h25-36H,7-24H2,1-6H3. The Morgan fingerprint density at radius 1 is 0.280 bits per heavy atom. The molecule has 0 bridgehead atoms. The maximum atomic E-state index is 9.43. The van der Waals surface area contributed by atoms with E-state index in [0.717, 1.165) is 46.9 Å². The molecule has 13 heteroatoms. The van der Waals surface area contributed by atoms with Crippen molar-refractivity contribution in [3.05, 3.63) is 106 Å². The van der Waals surface area contributed by atoms with Crippen LogP contribution in [0.5, 0.6) is 0 Å². The molecule has 0 fully saturated rings. The third-order valence-electron chi connectivity index (χ3n) is 13.7. The lowest BCUT2D eigenvalue weighted by atomic mass is 9.97. The number of hydrogen-bond donors (Lipinski definition) is 0. The van der Waals surface area contributed by atoms with E-state index in [1.807, 2.05) is 68.0 Å². The van der Waals surface area contributed by atoms with Crippen LogP contribution in [0.3, 0.4) is 0 Å². The molecule has 75 heavy (non-hydrogen) atoms. The Labute approximate surface area is 491 Å². The largest absolute Gasteiger partial charge is 0.185 e. The van der Waals surface area contributed by atoms with Gasteiger partial charge in [0.15, 0.2) is 0 Å². The summed E-state index contributed by atoms with van der Waals surface area (Å²) >= 11 is 20.0. The normalized spacial score (nSPS) is 11.6. The highest BCUT2D eigenvalue weighted by Gasteiger charge is 2.27. The average Bonchev–Trinajstić information content (AvgIpc) is 4.27. The highest BCUT2D eigenvalue weighted by atomic mass is 32.2. The maximum absolute atomic E-state index is 9.43. The molecule has 0 aliphatic heterocycles. The van der Waals surface area contributed by atoms with Crippen molar-refractivity contribution in [1.29, 1.82) is 10.5 Å². The van der Waals surface area contributed by atoms with Crippen LogP contribution in [0.25, 0.3) is 78.0 Å². The van der Waals surface area contributed by atoms with Crippen molar-refractivity contribution in [2.24, 2.45) is 0 Å². The fourth-order valence-corrected chi connectivity index (χ4v) is 22.1. The highest BCUT2D eigenvalue weighted by Crippen LogP contribution is 2.54. The summed E-state index contributed by atoms with van der Waals surface area (Å²) in [6.45, 7) is 13.9. The molecular formula is C62H66N2S11. The van der Waals surface area contributed by atoms with Crippen molar-refractivity contribution in [2.75, 3.05) is 0 Å². The van der Waals surface area contributed by atoms with Gasteiger partial charge in [-0.05, 0) is 183 Å². The first-order valence-electron chi connectivity index (χ1n) is 27.0. The van der Waals surface area contributed by atoms with Gasteiger partial charge < -0.3 is 0 Å². The van der Waals surface area contributed by atoms with Gasteiger partial charge in [0, 0.05) is 102 Å². The van der Waals surface area contributed by atoms with Gasteiger partial charge >= 0.3 is 0 Å². The van der Waals surface area contributed by atoms with Gasteiger partial charge in [-0.3, -0.25) is 0 Å². The SMILES string of the molecule is CCCCc1c(-c2ccc(SC#N)s2)sc(-c2ccc(-c3ccc(-c4sc(-c5ccc(-c6ccc(-c7sc(-c8ccc(SC#N)s8)c(CCCC)c7CCCC)s6)s5)c(CCCC)c4CCCC)s3)s2)c1CCCC. The Balaban J connectivity index is 1.04. The number of nitrogens with zero attached hydrogens (tertiary/aromatic N) is 2. The van der Waals surface area contributed by atoms with Crippen LogP contribution in [-0.2, 0) is 38.5 Å². The number of thioether (sulfide) groups is 2. The number of unbranched alkanes of at least 4 members (excludes halogenated alkanes) is 6. The third kappa shape index (κ3) is 13.0. The Bertz CT molecular complexity index is 3150. The van der Waals surface area contributed by atoms with Gasteiger partial charge in [-0.2, -0.15) is 10.5 Å². The summed E-state index contributed by atoms with van der Waals surface area (Å²) in [6, 6.07) is 28.0. The Kier molecular flexibility index (Phi) is 21.0. The Hall–Kier alpha value is -3.02. The van der Waals surface area contributed by atoms with E-state index in [4.69, 9.17) is 0 Å². The molecule has 0 aliphatic rings. The minimum atomic E-state index is 1.08. The first-order valence-corrected chi connectivity index (χ1v) is 36.0. The number of rotatable bonds is 28. The molecule has 0 radical (unpaired) electrons. The number of thiocyanates is 2. The zero-order chi connectivity index (χ0) is 52.3. The Morgan fingerprint density at radius 3 is 0.693 bits per heavy atom. The van der Waals surface area contributed by atoms with Gasteiger partial charge in [0.1, 0.15) is 10.8 Å². The van der Waals surface area contributed by atoms with Gasteiger partial charge in [-0.15, -0.1) is 102 Å². The molecule has 0 saturated carbocycles. The lowest BCUT2D eigenvalue weighted by Gasteiger charge is -2.08. The quantitative estimate of drug-likeness (QED) is 0.0362. The van der Waals surface area contributed by atoms with Crippen LogP contribution in [0.2, 0.25) is 0 Å². The molecule has 0 atom stereocenters. The van der Waals surface area contributed by atoms with Crippen molar-refractivity contribution < 1.29 is 0 Å². The van der Waals surface area contributed by atoms with E-state index >= 15 is 0 Å². The molecule has 9 aromatic rings. The van der Waals surface area contributed by atoms with Crippen molar-refractivity contribution in [3.8, 4) is 88.8 Å². The molecular weight excluding hydrogens is 1130 g/mol. The van der Waals surface area contributed by atoms with E-state index in [2.05, 4.69) is 136 Å². The topological polar surface area (TPSA) is 47.6 Å². The van der Waals surface area contributed by atoms with E-state index in [0.29, 0.717) is 0 Å². The molecule has 0 amide bonds. The lowest BCUT2D eigenvalue weighted by Crippen LogP contribution is -1.94. The smallest absolute Gasteiger partial charge is 0.139 e. The van der Waals surface area contributed by atoms with Crippen molar-refractivity contribution in [2.45, 2.75) is 166 Å². The zero-order valence-corrected chi connectivity index (χ0v) is 53.0. The molecule has 0 aliphatic carbocycles. The predicted molar refractivity (Wildman–Crippen MR) is 345 cm³/mol. The summed E-state index contributed by atoms with van der Waals surface area (Å²) in [5.41, 5.74) is 9.38. The summed E-state index contributed by atoms with van der Waals surface area (Å²) in [4.78, 5) is 22.3. The molecule has 0 N–H and O–H groups in total. The lowest BCUT2D eigenvalue weighted by molar-refractivity contribution is 0.764. The average molecular weight is 1190 g/mol. The molecule has 9 heterocycles. The zero-order valence-electron chi connectivity index (χ0n) is 44.0. The molecule has 9 aromatic heterocycles. The van der Waals surface area contributed by atoms with Gasteiger partial charge in [0.25, 0.3) is 0 Å². The number of hydrogen-bond acceptors (Lipinski definition) is 13. The molecule has 390 valence electrons. The second kappa shape index (κ2) is 27.7. The summed E-state index contributed by atoms with van der Waals surface area (Å²) in [5, 5.41) is 23.4.